The van der Waals surface area contributed by atoms with Crippen molar-refractivity contribution in [2.45, 2.75) is 85.7 Å². The zero-order valence-corrected chi connectivity index (χ0v) is 27.9. The lowest BCUT2D eigenvalue weighted by molar-refractivity contribution is -0.134. The fourth-order valence-electron chi connectivity index (χ4n) is 6.85. The van der Waals surface area contributed by atoms with Crippen LogP contribution in [0.5, 0.6) is 11.5 Å². The Kier molecular flexibility index (Phi) is 11.3. The Morgan fingerprint density at radius 2 is 1.83 bits per heavy atom. The number of allylic oxidation sites excluding steroid dienone is 4. The number of aromatic hydroxyl groups is 1. The van der Waals surface area contributed by atoms with Crippen molar-refractivity contribution < 1.29 is 29.0 Å². The molecule has 1 saturated carbocycles. The molecule has 0 saturated heterocycles. The number of amides is 1. The molecule has 1 heterocycles. The molecule has 3 N–H and O–H groups in total. The van der Waals surface area contributed by atoms with E-state index < -0.39 is 29.1 Å². The number of aromatic nitrogens is 1. The lowest BCUT2D eigenvalue weighted by Crippen LogP contribution is -2.40. The van der Waals surface area contributed by atoms with Gasteiger partial charge in [0.25, 0.3) is 5.56 Å². The molecule has 248 valence electrons. The van der Waals surface area contributed by atoms with Crippen LogP contribution in [0, 0.1) is 29.6 Å². The lowest BCUT2D eigenvalue weighted by atomic mass is 9.59. The molecule has 1 amide bonds. The number of hydrogen-bond acceptors (Lipinski definition) is 7. The normalized spacial score (nSPS) is 22.9. The molecule has 2 aliphatic rings. The maximum atomic E-state index is 14.1. The summed E-state index contributed by atoms with van der Waals surface area (Å²) in [6.45, 7) is 12.0. The van der Waals surface area contributed by atoms with E-state index in [1.165, 1.54) is 18.2 Å². The van der Waals surface area contributed by atoms with E-state index in [1.54, 1.807) is 45.0 Å². The third kappa shape index (κ3) is 8.56. The molecule has 9 nitrogen and oxygen atoms in total. The van der Waals surface area contributed by atoms with Gasteiger partial charge in [0.15, 0.2) is 5.78 Å². The van der Waals surface area contributed by atoms with Crippen LogP contribution in [-0.2, 0) is 9.53 Å². The molecule has 0 spiro atoms. The summed E-state index contributed by atoms with van der Waals surface area (Å²) in [6, 6.07) is 6.53. The van der Waals surface area contributed by atoms with E-state index in [0.717, 1.165) is 12.8 Å². The van der Waals surface area contributed by atoms with Crippen LogP contribution in [0.25, 0.3) is 11.1 Å². The molecule has 46 heavy (non-hydrogen) atoms. The predicted octanol–water partition coefficient (Wildman–Crippen LogP) is 7.35. The Bertz CT molecular complexity index is 1530. The maximum Gasteiger partial charge on any atom is 0.407 e. The van der Waals surface area contributed by atoms with Gasteiger partial charge < -0.3 is 24.9 Å². The fourth-order valence-corrected chi connectivity index (χ4v) is 6.85. The predicted molar refractivity (Wildman–Crippen MR) is 178 cm³/mol. The third-order valence-electron chi connectivity index (χ3n) is 9.00. The van der Waals surface area contributed by atoms with Crippen LogP contribution >= 0.6 is 0 Å². The lowest BCUT2D eigenvalue weighted by Gasteiger charge is -2.45. The second kappa shape index (κ2) is 15.0. The number of carbonyl (C=O) groups is 3. The van der Waals surface area contributed by atoms with Crippen LogP contribution in [-0.4, -0.2) is 40.1 Å². The van der Waals surface area contributed by atoms with Crippen LogP contribution in [0.15, 0.2) is 59.1 Å². The molecule has 9 heteroatoms. The number of ether oxygens (including phenoxy) is 2. The SMILES string of the molecule is C/C=C/[C@@H]1[C@H]2C[C@@H](C)CC[C@@H]2C(C)=C[C@H]1C(=O)c1c(O)c(-c2ccc(OC(=O)CCCCNC(=O)OC(C)(C)C)cc2)c[nH]c1=O. The zero-order chi connectivity index (χ0) is 33.6. The average molecular weight is 633 g/mol. The number of benzene rings is 1. The van der Waals surface area contributed by atoms with Crippen LogP contribution < -0.4 is 15.6 Å². The number of fused-ring (bicyclic) bond motifs is 1. The molecule has 0 unspecified atom stereocenters. The molecule has 1 fully saturated rings. The minimum Gasteiger partial charge on any atom is -0.506 e. The summed E-state index contributed by atoms with van der Waals surface area (Å²) >= 11 is 0. The van der Waals surface area contributed by atoms with Crippen molar-refractivity contribution in [3.05, 3.63) is 70.2 Å². The summed E-state index contributed by atoms with van der Waals surface area (Å²) in [4.78, 5) is 53.8. The van der Waals surface area contributed by atoms with E-state index in [1.807, 2.05) is 19.1 Å². The van der Waals surface area contributed by atoms with Crippen molar-refractivity contribution in [2.24, 2.45) is 29.6 Å². The smallest absolute Gasteiger partial charge is 0.407 e. The van der Waals surface area contributed by atoms with Crippen molar-refractivity contribution >= 4 is 17.8 Å². The first-order chi connectivity index (χ1) is 21.8. The summed E-state index contributed by atoms with van der Waals surface area (Å²) in [7, 11) is 0. The number of H-pyrrole nitrogens is 1. The van der Waals surface area contributed by atoms with E-state index in [4.69, 9.17) is 9.47 Å². The van der Waals surface area contributed by atoms with Crippen LogP contribution in [0.1, 0.15) is 90.4 Å². The van der Waals surface area contributed by atoms with E-state index >= 15 is 0 Å². The van der Waals surface area contributed by atoms with Gasteiger partial charge in [-0.05, 0) is 102 Å². The summed E-state index contributed by atoms with van der Waals surface area (Å²) in [5.41, 5.74) is 0.617. The molecule has 0 aliphatic heterocycles. The van der Waals surface area contributed by atoms with Crippen molar-refractivity contribution in [1.82, 2.24) is 10.3 Å². The molecule has 1 aromatic heterocycles. The topological polar surface area (TPSA) is 135 Å². The summed E-state index contributed by atoms with van der Waals surface area (Å²) in [6.07, 6.45) is 11.6. The van der Waals surface area contributed by atoms with E-state index in [9.17, 15) is 24.3 Å². The summed E-state index contributed by atoms with van der Waals surface area (Å²) in [5, 5.41) is 14.0. The van der Waals surface area contributed by atoms with Crippen molar-refractivity contribution in [1.29, 1.82) is 0 Å². The zero-order valence-electron chi connectivity index (χ0n) is 27.9. The van der Waals surface area contributed by atoms with Gasteiger partial charge in [-0.1, -0.05) is 49.3 Å². The minimum atomic E-state index is -0.623. The van der Waals surface area contributed by atoms with E-state index in [0.29, 0.717) is 54.0 Å². The van der Waals surface area contributed by atoms with Gasteiger partial charge in [0, 0.05) is 30.6 Å². The number of pyridine rings is 1. The Morgan fingerprint density at radius 1 is 1.11 bits per heavy atom. The molecular weight excluding hydrogens is 584 g/mol. The van der Waals surface area contributed by atoms with E-state index in [-0.39, 0.29) is 29.4 Å². The monoisotopic (exact) mass is 632 g/mol. The number of ketones is 1. The van der Waals surface area contributed by atoms with Crippen molar-refractivity contribution in [2.75, 3.05) is 6.54 Å². The number of Topliss-reactive ketones (excluding diaryl/α,β-unsaturated/α-hetero) is 1. The number of carbonyl (C=O) groups excluding carboxylic acids is 3. The highest BCUT2D eigenvalue weighted by molar-refractivity contribution is 6.03. The molecule has 0 radical (unpaired) electrons. The van der Waals surface area contributed by atoms with Crippen molar-refractivity contribution in [3.63, 3.8) is 0 Å². The average Bonchev–Trinajstić information content (AvgIpc) is 2.98. The van der Waals surface area contributed by atoms with Gasteiger partial charge in [-0.25, -0.2) is 4.79 Å². The van der Waals surface area contributed by atoms with Gasteiger partial charge in [-0.3, -0.25) is 14.4 Å². The molecule has 0 bridgehead atoms. The second-order valence-corrected chi connectivity index (χ2v) is 13.7. The van der Waals surface area contributed by atoms with Gasteiger partial charge in [-0.2, -0.15) is 0 Å². The summed E-state index contributed by atoms with van der Waals surface area (Å²) < 4.78 is 10.6. The largest absolute Gasteiger partial charge is 0.506 e. The highest BCUT2D eigenvalue weighted by atomic mass is 16.6. The number of rotatable bonds is 10. The van der Waals surface area contributed by atoms with Crippen LogP contribution in [0.4, 0.5) is 4.79 Å². The number of nitrogens with one attached hydrogen (secondary N) is 2. The second-order valence-electron chi connectivity index (χ2n) is 13.7. The number of aromatic amines is 1. The Morgan fingerprint density at radius 3 is 2.50 bits per heavy atom. The van der Waals surface area contributed by atoms with Gasteiger partial charge in [0.05, 0.1) is 0 Å². The molecule has 2 aromatic rings. The Hall–Kier alpha value is -4.14. The molecular formula is C37H48N2O7. The first kappa shape index (κ1) is 34.7. The van der Waals surface area contributed by atoms with Gasteiger partial charge in [0.1, 0.15) is 22.7 Å². The van der Waals surface area contributed by atoms with Gasteiger partial charge >= 0.3 is 12.1 Å². The maximum absolute atomic E-state index is 14.1. The first-order valence-corrected chi connectivity index (χ1v) is 16.4. The fraction of sp³-hybridized carbons (Fsp3) is 0.514. The molecule has 4 rings (SSSR count). The van der Waals surface area contributed by atoms with Crippen LogP contribution in [0.3, 0.4) is 0 Å². The number of alkyl carbamates (subject to hydrolysis) is 1. The highest BCUT2D eigenvalue weighted by Crippen LogP contribution is 2.49. The number of esters is 1. The molecule has 1 aromatic carbocycles. The van der Waals surface area contributed by atoms with Crippen LogP contribution in [0.2, 0.25) is 0 Å². The minimum absolute atomic E-state index is 0.0494. The molecule has 2 aliphatic carbocycles. The Labute approximate surface area is 271 Å². The quantitative estimate of drug-likeness (QED) is 0.0819. The first-order valence-electron chi connectivity index (χ1n) is 16.4. The third-order valence-corrected chi connectivity index (χ3v) is 9.00. The molecule has 5 atom stereocenters. The van der Waals surface area contributed by atoms with Gasteiger partial charge in [-0.15, -0.1) is 0 Å². The standard InChI is InChI=1S/C37H48N2O7/c1-7-10-27-28-19-22(2)12-17-26(28)23(3)20-29(27)33(41)32-34(42)30(21-39-35(32)43)24-13-15-25(16-14-24)45-31(40)11-8-9-18-38-36(44)46-37(4,5)6/h7,10,13-16,20-22,26-29H,8-9,11-12,17-19H2,1-6H3,(H,38,44)(H2,39,42,43)/b10-7+/t22-,26+,27+,28-,29+/m0/s1. The summed E-state index contributed by atoms with van der Waals surface area (Å²) in [5.74, 6) is -0.104. The number of unbranched alkanes of at least 4 members (excludes halogenated alkanes) is 1. The van der Waals surface area contributed by atoms with E-state index in [2.05, 4.69) is 30.2 Å². The van der Waals surface area contributed by atoms with Gasteiger partial charge in [0.2, 0.25) is 0 Å². The Balaban J connectivity index is 1.43. The van der Waals surface area contributed by atoms with Crippen molar-refractivity contribution in [3.8, 4) is 22.6 Å². The highest BCUT2D eigenvalue weighted by Gasteiger charge is 2.43. The number of hydrogen-bond donors (Lipinski definition) is 3.